The van der Waals surface area contributed by atoms with Gasteiger partial charge in [-0.25, -0.2) is 0 Å². The van der Waals surface area contributed by atoms with Crippen LogP contribution < -0.4 is 10.1 Å². The Morgan fingerprint density at radius 2 is 2.00 bits per heavy atom. The maximum atomic E-state index is 11.2. The second-order valence-electron chi connectivity index (χ2n) is 3.92. The number of hydrogen-bond acceptors (Lipinski definition) is 7. The van der Waals surface area contributed by atoms with Crippen molar-refractivity contribution in [3.63, 3.8) is 0 Å². The molecule has 1 aliphatic heterocycles. The molecule has 0 saturated heterocycles. The van der Waals surface area contributed by atoms with Crippen molar-refractivity contribution in [2.24, 2.45) is 0 Å². The molecule has 1 heterocycles. The minimum Gasteiger partial charge on any atom is -0.435 e. The van der Waals surface area contributed by atoms with E-state index in [2.05, 4.69) is 5.32 Å². The topological polar surface area (TPSA) is 108 Å². The van der Waals surface area contributed by atoms with Crippen LogP contribution in [0.2, 0.25) is 0 Å². The number of fused-ring (bicyclic) bond motifs is 1. The van der Waals surface area contributed by atoms with Crippen molar-refractivity contribution in [1.82, 2.24) is 5.32 Å². The highest BCUT2D eigenvalue weighted by molar-refractivity contribution is 7.99. The monoisotopic (exact) mass is 297 g/mol. The summed E-state index contributed by atoms with van der Waals surface area (Å²) in [6.07, 6.45) is 1.70. The SMILES string of the molecule is CNC1=C([N+](=O)[O-])C(SC)c2cc([N+](=O)[O-])ccc2O1. The van der Waals surface area contributed by atoms with Crippen LogP contribution in [0.5, 0.6) is 5.75 Å². The van der Waals surface area contributed by atoms with E-state index in [4.69, 9.17) is 4.74 Å². The molecule has 20 heavy (non-hydrogen) atoms. The van der Waals surface area contributed by atoms with Gasteiger partial charge in [-0.3, -0.25) is 20.2 Å². The van der Waals surface area contributed by atoms with Gasteiger partial charge in [0.05, 0.1) is 9.85 Å². The lowest BCUT2D eigenvalue weighted by molar-refractivity contribution is -0.431. The molecular formula is C11H11N3O5S. The second-order valence-corrected chi connectivity index (χ2v) is 4.86. The standard InChI is InChI=1S/C11H11N3O5S/c1-12-11-9(14(17)18)10(20-2)7-5-6(13(15)16)3-4-8(7)19-11/h3-5,10,12H,1-2H3. The van der Waals surface area contributed by atoms with E-state index in [0.717, 1.165) is 0 Å². The molecule has 2 rings (SSSR count). The molecule has 1 unspecified atom stereocenters. The van der Waals surface area contributed by atoms with Crippen molar-refractivity contribution in [3.8, 4) is 5.75 Å². The molecule has 0 aliphatic carbocycles. The number of thioether (sulfide) groups is 1. The normalized spacial score (nSPS) is 17.2. The summed E-state index contributed by atoms with van der Waals surface area (Å²) >= 11 is 1.22. The zero-order valence-corrected chi connectivity index (χ0v) is 11.5. The van der Waals surface area contributed by atoms with Gasteiger partial charge in [0.15, 0.2) is 0 Å². The molecule has 0 spiro atoms. The molecule has 0 aromatic heterocycles. The van der Waals surface area contributed by atoms with E-state index in [9.17, 15) is 20.2 Å². The van der Waals surface area contributed by atoms with Crippen LogP contribution in [0.25, 0.3) is 0 Å². The average Bonchev–Trinajstić information content (AvgIpc) is 2.43. The van der Waals surface area contributed by atoms with E-state index < -0.39 is 15.1 Å². The Bertz CT molecular complexity index is 616. The van der Waals surface area contributed by atoms with Crippen molar-refractivity contribution in [3.05, 3.63) is 55.6 Å². The Labute approximate surface area is 118 Å². The highest BCUT2D eigenvalue weighted by Crippen LogP contribution is 2.45. The molecule has 8 nitrogen and oxygen atoms in total. The maximum Gasteiger partial charge on any atom is 0.323 e. The lowest BCUT2D eigenvalue weighted by Crippen LogP contribution is -2.26. The van der Waals surface area contributed by atoms with Crippen LogP contribution in [0.4, 0.5) is 5.69 Å². The average molecular weight is 297 g/mol. The van der Waals surface area contributed by atoms with Crippen molar-refractivity contribution >= 4 is 17.4 Å². The van der Waals surface area contributed by atoms with E-state index in [-0.39, 0.29) is 17.3 Å². The Balaban J connectivity index is 2.60. The van der Waals surface area contributed by atoms with Crippen LogP contribution in [0.15, 0.2) is 29.8 Å². The molecule has 0 amide bonds. The van der Waals surface area contributed by atoms with Gasteiger partial charge in [-0.1, -0.05) is 0 Å². The molecule has 106 valence electrons. The van der Waals surface area contributed by atoms with Crippen LogP contribution in [-0.2, 0) is 0 Å². The summed E-state index contributed by atoms with van der Waals surface area (Å²) in [6.45, 7) is 0. The first-order chi connectivity index (χ1) is 9.49. The van der Waals surface area contributed by atoms with Crippen LogP contribution in [0, 0.1) is 20.2 Å². The Hall–Kier alpha value is -2.29. The predicted molar refractivity (Wildman–Crippen MR) is 73.1 cm³/mol. The molecule has 0 fully saturated rings. The summed E-state index contributed by atoms with van der Waals surface area (Å²) in [5, 5.41) is 24.0. The van der Waals surface area contributed by atoms with Gasteiger partial charge in [0, 0.05) is 24.7 Å². The summed E-state index contributed by atoms with van der Waals surface area (Å²) in [6, 6.07) is 4.07. The quantitative estimate of drug-likeness (QED) is 0.669. The minimum absolute atomic E-state index is 0.0516. The summed E-state index contributed by atoms with van der Waals surface area (Å²) in [7, 11) is 1.52. The van der Waals surface area contributed by atoms with Crippen LogP contribution in [0.1, 0.15) is 10.8 Å². The third-order valence-electron chi connectivity index (χ3n) is 2.84. The number of nitro benzene ring substituents is 1. The number of hydrogen-bond donors (Lipinski definition) is 1. The van der Waals surface area contributed by atoms with Crippen LogP contribution in [-0.4, -0.2) is 23.2 Å². The van der Waals surface area contributed by atoms with Crippen molar-refractivity contribution in [1.29, 1.82) is 0 Å². The van der Waals surface area contributed by atoms with E-state index in [1.165, 1.54) is 37.0 Å². The first-order valence-electron chi connectivity index (χ1n) is 5.55. The van der Waals surface area contributed by atoms with Gasteiger partial charge >= 0.3 is 5.70 Å². The number of benzene rings is 1. The van der Waals surface area contributed by atoms with Crippen molar-refractivity contribution in [2.75, 3.05) is 13.3 Å². The first-order valence-corrected chi connectivity index (χ1v) is 6.83. The van der Waals surface area contributed by atoms with Crippen LogP contribution >= 0.6 is 11.8 Å². The molecule has 1 N–H and O–H groups in total. The molecule has 9 heteroatoms. The smallest absolute Gasteiger partial charge is 0.323 e. The largest absolute Gasteiger partial charge is 0.435 e. The third kappa shape index (κ3) is 2.27. The van der Waals surface area contributed by atoms with E-state index in [1.54, 1.807) is 6.26 Å². The van der Waals surface area contributed by atoms with Gasteiger partial charge in [-0.2, -0.15) is 0 Å². The summed E-state index contributed by atoms with van der Waals surface area (Å²) in [5.74, 6) is 0.431. The Morgan fingerprint density at radius 1 is 1.30 bits per heavy atom. The van der Waals surface area contributed by atoms with Crippen molar-refractivity contribution in [2.45, 2.75) is 5.25 Å². The highest BCUT2D eigenvalue weighted by atomic mass is 32.2. The lowest BCUT2D eigenvalue weighted by atomic mass is 10.1. The van der Waals surface area contributed by atoms with Crippen molar-refractivity contribution < 1.29 is 14.6 Å². The fourth-order valence-electron chi connectivity index (χ4n) is 1.97. The minimum atomic E-state index is -0.629. The summed E-state index contributed by atoms with van der Waals surface area (Å²) < 4.78 is 5.41. The summed E-state index contributed by atoms with van der Waals surface area (Å²) in [4.78, 5) is 20.9. The molecule has 1 aliphatic rings. The van der Waals surface area contributed by atoms with Gasteiger partial charge in [0.25, 0.3) is 11.6 Å². The zero-order valence-electron chi connectivity index (χ0n) is 10.7. The number of non-ortho nitro benzene ring substituents is 1. The molecule has 1 aromatic rings. The number of nitrogens with zero attached hydrogens (tertiary/aromatic N) is 2. The Kier molecular flexibility index (Phi) is 3.79. The van der Waals surface area contributed by atoms with Gasteiger partial charge < -0.3 is 10.1 Å². The Morgan fingerprint density at radius 3 is 2.50 bits per heavy atom. The fraction of sp³-hybridized carbons (Fsp3) is 0.273. The molecular weight excluding hydrogens is 286 g/mol. The zero-order chi connectivity index (χ0) is 14.9. The maximum absolute atomic E-state index is 11.2. The fourth-order valence-corrected chi connectivity index (χ4v) is 2.83. The van der Waals surface area contributed by atoms with Gasteiger partial charge in [-0.15, -0.1) is 11.8 Å². The van der Waals surface area contributed by atoms with E-state index >= 15 is 0 Å². The first kappa shape index (κ1) is 14.1. The molecule has 1 atom stereocenters. The number of rotatable bonds is 4. The molecule has 0 radical (unpaired) electrons. The summed E-state index contributed by atoms with van der Waals surface area (Å²) in [5.41, 5.74) is 0.160. The number of nitrogens with one attached hydrogen (secondary N) is 1. The van der Waals surface area contributed by atoms with E-state index in [0.29, 0.717) is 11.3 Å². The highest BCUT2D eigenvalue weighted by Gasteiger charge is 2.38. The van der Waals surface area contributed by atoms with Gasteiger partial charge in [0.1, 0.15) is 11.0 Å². The van der Waals surface area contributed by atoms with Gasteiger partial charge in [-0.05, 0) is 12.3 Å². The second kappa shape index (κ2) is 5.37. The predicted octanol–water partition coefficient (Wildman–Crippen LogP) is 2.06. The molecule has 0 bridgehead atoms. The van der Waals surface area contributed by atoms with Crippen LogP contribution in [0.3, 0.4) is 0 Å². The van der Waals surface area contributed by atoms with Gasteiger partial charge in [0.2, 0.25) is 0 Å². The lowest BCUT2D eigenvalue weighted by Gasteiger charge is -2.23. The third-order valence-corrected chi connectivity index (χ3v) is 3.79. The molecule has 0 saturated carbocycles. The van der Waals surface area contributed by atoms with E-state index in [1.807, 2.05) is 0 Å². The number of nitro groups is 2. The molecule has 1 aromatic carbocycles. The number of ether oxygens (including phenoxy) is 1.